The Morgan fingerprint density at radius 3 is 2.76 bits per heavy atom. The number of carbonyl (C=O) groups is 1. The molecule has 0 aromatic heterocycles. The van der Waals surface area contributed by atoms with E-state index < -0.39 is 16.0 Å². The van der Waals surface area contributed by atoms with Crippen LogP contribution in [0.15, 0.2) is 23.1 Å². The van der Waals surface area contributed by atoms with E-state index in [-0.39, 0.29) is 22.3 Å². The van der Waals surface area contributed by atoms with Gasteiger partial charge in [0.15, 0.2) is 0 Å². The summed E-state index contributed by atoms with van der Waals surface area (Å²) in [6.07, 6.45) is 2.43. The zero-order valence-corrected chi connectivity index (χ0v) is 12.9. The zero-order valence-electron chi connectivity index (χ0n) is 12.1. The number of benzene rings is 1. The fourth-order valence-corrected chi connectivity index (χ4v) is 4.48. The summed E-state index contributed by atoms with van der Waals surface area (Å²) in [7, 11) is -2.32. The molecule has 7 heteroatoms. The van der Waals surface area contributed by atoms with Gasteiger partial charge in [-0.3, -0.25) is 0 Å². The Kier molecular flexibility index (Phi) is 4.53. The summed E-state index contributed by atoms with van der Waals surface area (Å²) in [5, 5.41) is 9.16. The lowest BCUT2D eigenvalue weighted by molar-refractivity contribution is 0.0693. The number of hydrogen-bond donors (Lipinski definition) is 1. The third kappa shape index (κ3) is 2.89. The number of hydrogen-bond acceptors (Lipinski definition) is 4. The highest BCUT2D eigenvalue weighted by molar-refractivity contribution is 7.89. The van der Waals surface area contributed by atoms with Crippen LogP contribution in [0.3, 0.4) is 0 Å². The summed E-state index contributed by atoms with van der Waals surface area (Å²) in [4.78, 5) is 11.2. The molecule has 21 heavy (non-hydrogen) atoms. The predicted molar refractivity (Wildman–Crippen MR) is 77.2 cm³/mol. The Morgan fingerprint density at radius 2 is 2.19 bits per heavy atom. The maximum atomic E-state index is 12.7. The summed E-state index contributed by atoms with van der Waals surface area (Å²) < 4.78 is 31.8. The van der Waals surface area contributed by atoms with Crippen LogP contribution in [0.5, 0.6) is 5.75 Å². The van der Waals surface area contributed by atoms with Crippen molar-refractivity contribution >= 4 is 16.0 Å². The van der Waals surface area contributed by atoms with Gasteiger partial charge in [0, 0.05) is 12.6 Å². The summed E-state index contributed by atoms with van der Waals surface area (Å²) in [6, 6.07) is 3.94. The lowest BCUT2D eigenvalue weighted by Crippen LogP contribution is -2.35. The van der Waals surface area contributed by atoms with Crippen LogP contribution in [0.4, 0.5) is 0 Å². The second-order valence-electron chi connectivity index (χ2n) is 4.99. The Hall–Kier alpha value is -1.60. The number of aromatic carboxylic acids is 1. The van der Waals surface area contributed by atoms with Gasteiger partial charge in [-0.25, -0.2) is 13.2 Å². The minimum Gasteiger partial charge on any atom is -0.496 e. The first-order valence-electron chi connectivity index (χ1n) is 6.85. The monoisotopic (exact) mass is 313 g/mol. The van der Waals surface area contributed by atoms with Crippen molar-refractivity contribution < 1.29 is 23.1 Å². The van der Waals surface area contributed by atoms with Crippen molar-refractivity contribution in [1.82, 2.24) is 4.31 Å². The van der Waals surface area contributed by atoms with Crippen LogP contribution in [0.2, 0.25) is 0 Å². The molecule has 1 aromatic rings. The fraction of sp³-hybridized carbons (Fsp3) is 0.500. The van der Waals surface area contributed by atoms with Crippen molar-refractivity contribution in [2.45, 2.75) is 37.1 Å². The summed E-state index contributed by atoms with van der Waals surface area (Å²) in [6.45, 7) is 2.44. The van der Waals surface area contributed by atoms with Crippen LogP contribution in [0.25, 0.3) is 0 Å². The number of carboxylic acids is 1. The minimum absolute atomic E-state index is 0.000972. The van der Waals surface area contributed by atoms with Crippen molar-refractivity contribution in [3.05, 3.63) is 23.8 Å². The second kappa shape index (κ2) is 6.03. The molecule has 1 aliphatic rings. The van der Waals surface area contributed by atoms with Crippen LogP contribution in [-0.4, -0.2) is 43.5 Å². The van der Waals surface area contributed by atoms with E-state index in [1.165, 1.54) is 29.6 Å². The van der Waals surface area contributed by atoms with Crippen LogP contribution >= 0.6 is 0 Å². The van der Waals surface area contributed by atoms with E-state index in [0.717, 1.165) is 19.3 Å². The van der Waals surface area contributed by atoms with E-state index >= 15 is 0 Å². The standard InChI is InChI=1S/C14H19NO5S/c1-3-10-5-4-8-15(10)21(18,19)11-6-7-13(20-2)12(9-11)14(16)17/h6-7,9-10H,3-5,8H2,1-2H3,(H,16,17)/t10-/m0/s1. The average Bonchev–Trinajstić information content (AvgIpc) is 2.95. The molecule has 1 N–H and O–H groups in total. The Bertz CT molecular complexity index is 641. The van der Waals surface area contributed by atoms with Gasteiger partial charge >= 0.3 is 5.97 Å². The molecule has 1 aliphatic heterocycles. The normalized spacial score (nSPS) is 19.6. The topological polar surface area (TPSA) is 83.9 Å². The van der Waals surface area contributed by atoms with Gasteiger partial charge < -0.3 is 9.84 Å². The molecule has 1 fully saturated rings. The number of nitrogens with zero attached hydrogens (tertiary/aromatic N) is 1. The first-order chi connectivity index (χ1) is 9.91. The van der Waals surface area contributed by atoms with Crippen LogP contribution in [-0.2, 0) is 10.0 Å². The van der Waals surface area contributed by atoms with Gasteiger partial charge in [0.25, 0.3) is 0 Å². The summed E-state index contributed by atoms with van der Waals surface area (Å²) >= 11 is 0. The van der Waals surface area contributed by atoms with Gasteiger partial charge in [-0.15, -0.1) is 0 Å². The van der Waals surface area contributed by atoms with E-state index in [1.54, 1.807) is 0 Å². The molecular formula is C14H19NO5S. The molecule has 0 radical (unpaired) electrons. The maximum absolute atomic E-state index is 12.7. The number of ether oxygens (including phenoxy) is 1. The van der Waals surface area contributed by atoms with E-state index in [9.17, 15) is 13.2 Å². The Morgan fingerprint density at radius 1 is 1.48 bits per heavy atom. The maximum Gasteiger partial charge on any atom is 0.339 e. The van der Waals surface area contributed by atoms with Gasteiger partial charge in [0.05, 0.1) is 12.0 Å². The summed E-state index contributed by atoms with van der Waals surface area (Å²) in [5.41, 5.74) is -0.147. The molecule has 1 atom stereocenters. The number of methoxy groups -OCH3 is 1. The lowest BCUT2D eigenvalue weighted by Gasteiger charge is -2.23. The molecule has 0 amide bonds. The zero-order chi connectivity index (χ0) is 15.6. The lowest BCUT2D eigenvalue weighted by atomic mass is 10.2. The highest BCUT2D eigenvalue weighted by Crippen LogP contribution is 2.30. The molecule has 6 nitrogen and oxygen atoms in total. The SMILES string of the molecule is CC[C@H]1CCCN1S(=O)(=O)c1ccc(OC)c(C(=O)O)c1. The van der Waals surface area contributed by atoms with Crippen molar-refractivity contribution in [3.8, 4) is 5.75 Å². The average molecular weight is 313 g/mol. The van der Waals surface area contributed by atoms with Crippen molar-refractivity contribution in [2.24, 2.45) is 0 Å². The van der Waals surface area contributed by atoms with Gasteiger partial charge in [-0.1, -0.05) is 6.92 Å². The molecule has 1 heterocycles. The highest BCUT2D eigenvalue weighted by atomic mass is 32.2. The first-order valence-corrected chi connectivity index (χ1v) is 8.29. The van der Waals surface area contributed by atoms with E-state index in [1.807, 2.05) is 6.92 Å². The third-order valence-electron chi connectivity index (χ3n) is 3.80. The first kappa shape index (κ1) is 15.8. The minimum atomic E-state index is -3.67. The van der Waals surface area contributed by atoms with E-state index in [4.69, 9.17) is 9.84 Å². The quantitative estimate of drug-likeness (QED) is 0.898. The van der Waals surface area contributed by atoms with Crippen molar-refractivity contribution in [3.63, 3.8) is 0 Å². The molecule has 0 saturated carbocycles. The highest BCUT2D eigenvalue weighted by Gasteiger charge is 2.34. The van der Waals surface area contributed by atoms with Crippen LogP contribution in [0.1, 0.15) is 36.5 Å². The third-order valence-corrected chi connectivity index (χ3v) is 5.75. The molecule has 1 saturated heterocycles. The number of carboxylic acid groups (broad SMARTS) is 1. The fourth-order valence-electron chi connectivity index (χ4n) is 2.68. The van der Waals surface area contributed by atoms with Crippen molar-refractivity contribution in [2.75, 3.05) is 13.7 Å². The second-order valence-corrected chi connectivity index (χ2v) is 6.88. The van der Waals surface area contributed by atoms with Crippen LogP contribution < -0.4 is 4.74 Å². The van der Waals surface area contributed by atoms with Crippen molar-refractivity contribution in [1.29, 1.82) is 0 Å². The van der Waals surface area contributed by atoms with Gasteiger partial charge in [-0.05, 0) is 37.5 Å². The molecule has 1 aromatic carbocycles. The molecule has 0 spiro atoms. The Labute approximate surface area is 124 Å². The largest absolute Gasteiger partial charge is 0.496 e. The number of rotatable bonds is 5. The van der Waals surface area contributed by atoms with Gasteiger partial charge in [-0.2, -0.15) is 4.31 Å². The smallest absolute Gasteiger partial charge is 0.339 e. The van der Waals surface area contributed by atoms with E-state index in [0.29, 0.717) is 6.54 Å². The predicted octanol–water partition coefficient (Wildman–Crippen LogP) is 1.96. The Balaban J connectivity index is 2.45. The van der Waals surface area contributed by atoms with Gasteiger partial charge in [0.1, 0.15) is 11.3 Å². The molecule has 2 rings (SSSR count). The summed E-state index contributed by atoms with van der Waals surface area (Å²) in [5.74, 6) is -1.06. The number of sulfonamides is 1. The molecular weight excluding hydrogens is 294 g/mol. The molecule has 0 bridgehead atoms. The van der Waals surface area contributed by atoms with Gasteiger partial charge in [0.2, 0.25) is 10.0 Å². The molecule has 116 valence electrons. The molecule has 0 aliphatic carbocycles. The molecule has 0 unspecified atom stereocenters. The van der Waals surface area contributed by atoms with E-state index in [2.05, 4.69) is 0 Å². The van der Waals surface area contributed by atoms with Crippen LogP contribution in [0, 0.1) is 0 Å².